The van der Waals surface area contributed by atoms with Gasteiger partial charge < -0.3 is 5.11 Å². The SMILES string of the molecule is CCCC(CC(=O)O)N1C(=O)C2CC(C)CC2C1=O. The third kappa shape index (κ3) is 2.51. The predicted molar refractivity (Wildman–Crippen MR) is 68.2 cm³/mol. The average molecular weight is 267 g/mol. The van der Waals surface area contributed by atoms with Gasteiger partial charge in [-0.1, -0.05) is 20.3 Å². The van der Waals surface area contributed by atoms with Crippen LogP contribution in [-0.4, -0.2) is 33.8 Å². The number of carbonyl (C=O) groups excluding carboxylic acids is 2. The first kappa shape index (κ1) is 14.0. The number of aliphatic carboxylic acids is 1. The second-order valence-corrected chi connectivity index (χ2v) is 5.88. The van der Waals surface area contributed by atoms with E-state index in [1.807, 2.05) is 6.92 Å². The predicted octanol–water partition coefficient (Wildman–Crippen LogP) is 1.66. The third-order valence-corrected chi connectivity index (χ3v) is 4.30. The van der Waals surface area contributed by atoms with Gasteiger partial charge >= 0.3 is 5.97 Å². The Morgan fingerprint density at radius 1 is 1.32 bits per heavy atom. The number of likely N-dealkylation sites (tertiary alicyclic amines) is 1. The van der Waals surface area contributed by atoms with Crippen molar-refractivity contribution in [2.24, 2.45) is 17.8 Å². The number of carboxylic acids is 1. The summed E-state index contributed by atoms with van der Waals surface area (Å²) in [7, 11) is 0. The summed E-state index contributed by atoms with van der Waals surface area (Å²) in [5.41, 5.74) is 0. The van der Waals surface area contributed by atoms with Crippen molar-refractivity contribution in [3.63, 3.8) is 0 Å². The topological polar surface area (TPSA) is 74.7 Å². The van der Waals surface area contributed by atoms with Crippen LogP contribution in [0.15, 0.2) is 0 Å². The summed E-state index contributed by atoms with van der Waals surface area (Å²) in [5, 5.41) is 8.94. The molecule has 0 bridgehead atoms. The highest BCUT2D eigenvalue weighted by atomic mass is 16.4. The molecule has 1 saturated carbocycles. The summed E-state index contributed by atoms with van der Waals surface area (Å²) < 4.78 is 0. The molecule has 0 aromatic carbocycles. The van der Waals surface area contributed by atoms with Gasteiger partial charge in [-0.05, 0) is 25.2 Å². The number of fused-ring (bicyclic) bond motifs is 1. The first-order valence-electron chi connectivity index (χ1n) is 7.04. The molecule has 0 radical (unpaired) electrons. The van der Waals surface area contributed by atoms with Crippen molar-refractivity contribution in [2.75, 3.05) is 0 Å². The number of hydrogen-bond donors (Lipinski definition) is 1. The maximum atomic E-state index is 12.4. The molecule has 1 aliphatic heterocycles. The Hall–Kier alpha value is -1.39. The van der Waals surface area contributed by atoms with Crippen molar-refractivity contribution in [1.29, 1.82) is 0 Å². The fourth-order valence-electron chi connectivity index (χ4n) is 3.52. The molecule has 2 amide bonds. The molecule has 106 valence electrons. The molecule has 2 rings (SSSR count). The molecule has 2 aliphatic rings. The van der Waals surface area contributed by atoms with Gasteiger partial charge in [0.2, 0.25) is 11.8 Å². The molecule has 0 aromatic heterocycles. The Morgan fingerprint density at radius 3 is 2.26 bits per heavy atom. The van der Waals surface area contributed by atoms with E-state index >= 15 is 0 Å². The molecular formula is C14H21NO4. The lowest BCUT2D eigenvalue weighted by Crippen LogP contribution is -2.42. The van der Waals surface area contributed by atoms with E-state index in [1.54, 1.807) is 0 Å². The summed E-state index contributed by atoms with van der Waals surface area (Å²) in [6.45, 7) is 3.99. The Kier molecular flexibility index (Phi) is 3.92. The third-order valence-electron chi connectivity index (χ3n) is 4.30. The van der Waals surface area contributed by atoms with Crippen LogP contribution in [0, 0.1) is 17.8 Å². The zero-order valence-corrected chi connectivity index (χ0v) is 11.5. The van der Waals surface area contributed by atoms with Crippen molar-refractivity contribution in [3.05, 3.63) is 0 Å². The van der Waals surface area contributed by atoms with Gasteiger partial charge in [0.15, 0.2) is 0 Å². The van der Waals surface area contributed by atoms with Crippen LogP contribution in [0.2, 0.25) is 0 Å². The lowest BCUT2D eigenvalue weighted by molar-refractivity contribution is -0.146. The van der Waals surface area contributed by atoms with E-state index in [2.05, 4.69) is 6.92 Å². The highest BCUT2D eigenvalue weighted by Gasteiger charge is 2.53. The molecule has 19 heavy (non-hydrogen) atoms. The molecule has 1 heterocycles. The van der Waals surface area contributed by atoms with Gasteiger partial charge in [-0.15, -0.1) is 0 Å². The second-order valence-electron chi connectivity index (χ2n) is 5.88. The molecule has 3 atom stereocenters. The summed E-state index contributed by atoms with van der Waals surface area (Å²) in [5.74, 6) is -1.22. The van der Waals surface area contributed by atoms with Crippen molar-refractivity contribution in [2.45, 2.75) is 52.0 Å². The molecule has 3 unspecified atom stereocenters. The number of hydrogen-bond acceptors (Lipinski definition) is 3. The minimum Gasteiger partial charge on any atom is -0.481 e. The number of carbonyl (C=O) groups is 3. The van der Waals surface area contributed by atoms with Crippen molar-refractivity contribution >= 4 is 17.8 Å². The number of rotatable bonds is 5. The zero-order valence-electron chi connectivity index (χ0n) is 11.5. The lowest BCUT2D eigenvalue weighted by atomic mass is 10.00. The summed E-state index contributed by atoms with van der Waals surface area (Å²) in [6, 6.07) is -0.469. The maximum absolute atomic E-state index is 12.4. The first-order valence-corrected chi connectivity index (χ1v) is 7.04. The van der Waals surface area contributed by atoms with Gasteiger partial charge in [0.25, 0.3) is 0 Å². The number of amides is 2. The highest BCUT2D eigenvalue weighted by molar-refractivity contribution is 6.06. The fraction of sp³-hybridized carbons (Fsp3) is 0.786. The van der Waals surface area contributed by atoms with E-state index in [0.717, 1.165) is 19.3 Å². The summed E-state index contributed by atoms with van der Waals surface area (Å²) >= 11 is 0. The van der Waals surface area contributed by atoms with Crippen LogP contribution in [0.5, 0.6) is 0 Å². The smallest absolute Gasteiger partial charge is 0.305 e. The highest BCUT2D eigenvalue weighted by Crippen LogP contribution is 2.44. The van der Waals surface area contributed by atoms with Gasteiger partial charge in [0, 0.05) is 0 Å². The van der Waals surface area contributed by atoms with E-state index in [4.69, 9.17) is 5.11 Å². The lowest BCUT2D eigenvalue weighted by Gasteiger charge is -2.26. The van der Waals surface area contributed by atoms with Crippen LogP contribution in [0.3, 0.4) is 0 Å². The quantitative estimate of drug-likeness (QED) is 0.769. The number of imide groups is 1. The van der Waals surface area contributed by atoms with E-state index < -0.39 is 12.0 Å². The zero-order chi connectivity index (χ0) is 14.2. The van der Waals surface area contributed by atoms with E-state index in [0.29, 0.717) is 12.3 Å². The fourth-order valence-corrected chi connectivity index (χ4v) is 3.52. The number of carboxylic acid groups (broad SMARTS) is 1. The van der Waals surface area contributed by atoms with Gasteiger partial charge in [-0.25, -0.2) is 0 Å². The van der Waals surface area contributed by atoms with Crippen molar-refractivity contribution in [3.8, 4) is 0 Å². The van der Waals surface area contributed by atoms with Gasteiger partial charge in [0.05, 0.1) is 24.3 Å². The molecule has 5 heteroatoms. The number of nitrogens with zero attached hydrogens (tertiary/aromatic N) is 1. The van der Waals surface area contributed by atoms with Crippen LogP contribution in [-0.2, 0) is 14.4 Å². The summed E-state index contributed by atoms with van der Waals surface area (Å²) in [6.07, 6.45) is 2.72. The Balaban J connectivity index is 2.17. The van der Waals surface area contributed by atoms with Crippen LogP contribution >= 0.6 is 0 Å². The average Bonchev–Trinajstić information content (AvgIpc) is 2.79. The van der Waals surface area contributed by atoms with E-state index in [9.17, 15) is 14.4 Å². The maximum Gasteiger partial charge on any atom is 0.305 e. The van der Waals surface area contributed by atoms with Gasteiger partial charge in [-0.2, -0.15) is 0 Å². The minimum absolute atomic E-state index is 0.139. The van der Waals surface area contributed by atoms with Gasteiger partial charge in [0.1, 0.15) is 0 Å². The van der Waals surface area contributed by atoms with Crippen LogP contribution in [0.4, 0.5) is 0 Å². The van der Waals surface area contributed by atoms with Crippen LogP contribution in [0.1, 0.15) is 46.0 Å². The largest absolute Gasteiger partial charge is 0.481 e. The van der Waals surface area contributed by atoms with Gasteiger partial charge in [-0.3, -0.25) is 19.3 Å². The standard InChI is InChI=1S/C14H21NO4/c1-3-4-9(7-12(16)17)15-13(18)10-5-8(2)6-11(10)14(15)19/h8-11H,3-7H2,1-2H3,(H,16,17). The van der Waals surface area contributed by atoms with E-state index in [-0.39, 0.29) is 30.1 Å². The Morgan fingerprint density at radius 2 is 1.84 bits per heavy atom. The molecular weight excluding hydrogens is 246 g/mol. The second kappa shape index (κ2) is 5.31. The first-order chi connectivity index (χ1) is 8.95. The molecule has 0 aromatic rings. The monoisotopic (exact) mass is 267 g/mol. The van der Waals surface area contributed by atoms with Crippen LogP contribution < -0.4 is 0 Å². The van der Waals surface area contributed by atoms with Crippen LogP contribution in [0.25, 0.3) is 0 Å². The Labute approximate surface area is 113 Å². The molecule has 1 saturated heterocycles. The van der Waals surface area contributed by atoms with Crippen molar-refractivity contribution < 1.29 is 19.5 Å². The molecule has 2 fully saturated rings. The summed E-state index contributed by atoms with van der Waals surface area (Å²) in [4.78, 5) is 36.9. The molecule has 1 aliphatic carbocycles. The Bertz CT molecular complexity index is 382. The normalized spacial score (nSPS) is 31.7. The van der Waals surface area contributed by atoms with E-state index in [1.165, 1.54) is 4.90 Å². The molecule has 1 N–H and O–H groups in total. The minimum atomic E-state index is -0.954. The van der Waals surface area contributed by atoms with Crippen molar-refractivity contribution in [1.82, 2.24) is 4.90 Å². The molecule has 0 spiro atoms. The molecule has 5 nitrogen and oxygen atoms in total.